The average molecular weight is 722 g/mol. The van der Waals surface area contributed by atoms with Crippen molar-refractivity contribution < 1.29 is 33.6 Å². The smallest absolute Gasteiger partial charge is 0.245 e. The monoisotopic (exact) mass is 722 g/mol. The van der Waals surface area contributed by atoms with E-state index in [1.165, 1.54) is 54.7 Å². The van der Waals surface area contributed by atoms with Gasteiger partial charge in [0.05, 0.1) is 0 Å². The van der Waals surface area contributed by atoms with Crippen molar-refractivity contribution in [2.75, 3.05) is 28.2 Å². The highest BCUT2D eigenvalue weighted by atomic mass is 16.2. The molecule has 1 heterocycles. The van der Waals surface area contributed by atoms with E-state index in [1.807, 2.05) is 55.4 Å². The largest absolute Gasteiger partial charge is 0.343 e. The van der Waals surface area contributed by atoms with Gasteiger partial charge in [0, 0.05) is 28.2 Å². The minimum atomic E-state index is -1.01. The number of nitrogens with one attached hydrogen (secondary N) is 3. The number of nitrogens with zero attached hydrogens (tertiary/aromatic N) is 4. The Bertz CT molecular complexity index is 1260. The zero-order valence-electron chi connectivity index (χ0n) is 33.8. The minimum absolute atomic E-state index is 0.00246. The van der Waals surface area contributed by atoms with E-state index in [2.05, 4.69) is 16.0 Å². The molecule has 0 aromatic rings. The summed E-state index contributed by atoms with van der Waals surface area (Å²) < 4.78 is 0. The van der Waals surface area contributed by atoms with Crippen LogP contribution in [-0.4, -0.2) is 131 Å². The van der Waals surface area contributed by atoms with E-state index in [1.54, 1.807) is 13.8 Å². The normalized spacial score (nSPS) is 28.3. The topological polar surface area (TPSA) is 169 Å². The lowest BCUT2D eigenvalue weighted by molar-refractivity contribution is -0.150. The first-order valence-electron chi connectivity index (χ1n) is 18.5. The summed E-state index contributed by atoms with van der Waals surface area (Å²) in [6.45, 7) is 19.9. The van der Waals surface area contributed by atoms with Gasteiger partial charge in [0.25, 0.3) is 0 Å². The second-order valence-corrected chi connectivity index (χ2v) is 15.7. The number of likely N-dealkylation sites (N-methyl/N-ethyl adjacent to an activating group) is 4. The van der Waals surface area contributed by atoms with Gasteiger partial charge in [0.15, 0.2) is 0 Å². The summed E-state index contributed by atoms with van der Waals surface area (Å²) in [7, 11) is 5.93. The maximum Gasteiger partial charge on any atom is 0.245 e. The molecule has 51 heavy (non-hydrogen) atoms. The maximum absolute atomic E-state index is 14.0. The Balaban J connectivity index is 3.87. The van der Waals surface area contributed by atoms with Gasteiger partial charge in [-0.3, -0.25) is 33.6 Å². The minimum Gasteiger partial charge on any atom is -0.343 e. The molecular formula is C37H67N7O7. The molecule has 1 saturated heterocycles. The summed E-state index contributed by atoms with van der Waals surface area (Å²) in [5.74, 6) is -3.98. The molecule has 0 unspecified atom stereocenters. The molecule has 0 spiro atoms. The molecule has 3 N–H and O–H groups in total. The molecule has 14 nitrogen and oxygen atoms in total. The van der Waals surface area contributed by atoms with Gasteiger partial charge < -0.3 is 35.6 Å². The maximum atomic E-state index is 14.0. The fourth-order valence-corrected chi connectivity index (χ4v) is 6.07. The molecule has 0 aromatic carbocycles. The second-order valence-electron chi connectivity index (χ2n) is 15.7. The van der Waals surface area contributed by atoms with Gasteiger partial charge in [0.2, 0.25) is 41.4 Å². The van der Waals surface area contributed by atoms with E-state index in [0.29, 0.717) is 6.42 Å². The van der Waals surface area contributed by atoms with Crippen molar-refractivity contribution in [3.8, 4) is 0 Å². The van der Waals surface area contributed by atoms with Crippen LogP contribution in [0.3, 0.4) is 0 Å². The van der Waals surface area contributed by atoms with Gasteiger partial charge in [-0.15, -0.1) is 0 Å². The number of hydrogen-bond acceptors (Lipinski definition) is 7. The van der Waals surface area contributed by atoms with E-state index >= 15 is 0 Å². The third kappa shape index (κ3) is 12.2. The molecule has 1 rings (SSSR count). The molecule has 0 aliphatic carbocycles. The Morgan fingerprint density at radius 3 is 1.37 bits per heavy atom. The Morgan fingerprint density at radius 2 is 0.902 bits per heavy atom. The van der Waals surface area contributed by atoms with Gasteiger partial charge in [-0.05, 0) is 63.7 Å². The summed E-state index contributed by atoms with van der Waals surface area (Å²) in [6.07, 6.45) is 1.37. The molecule has 1 aliphatic rings. The second kappa shape index (κ2) is 19.8. The summed E-state index contributed by atoms with van der Waals surface area (Å²) >= 11 is 0. The Kier molecular flexibility index (Phi) is 17.6. The predicted molar refractivity (Wildman–Crippen MR) is 197 cm³/mol. The Labute approximate surface area is 306 Å². The molecule has 0 bridgehead atoms. The Hall–Kier alpha value is -3.71. The lowest BCUT2D eigenvalue weighted by atomic mass is 9.95. The molecule has 1 fully saturated rings. The van der Waals surface area contributed by atoms with E-state index in [9.17, 15) is 33.6 Å². The van der Waals surface area contributed by atoms with Crippen LogP contribution in [0.15, 0.2) is 0 Å². The summed E-state index contributed by atoms with van der Waals surface area (Å²) in [4.78, 5) is 102. The first-order chi connectivity index (χ1) is 23.5. The zero-order chi connectivity index (χ0) is 39.7. The number of carbonyl (C=O) groups excluding carboxylic acids is 7. The molecule has 0 aromatic heterocycles. The third-order valence-electron chi connectivity index (χ3n) is 10.1. The van der Waals surface area contributed by atoms with Crippen LogP contribution in [0.4, 0.5) is 0 Å². The van der Waals surface area contributed by atoms with Gasteiger partial charge in [0.1, 0.15) is 42.3 Å². The number of hydrogen-bond donors (Lipinski definition) is 3. The van der Waals surface area contributed by atoms with Crippen molar-refractivity contribution in [3.63, 3.8) is 0 Å². The summed E-state index contributed by atoms with van der Waals surface area (Å²) in [6, 6.07) is -7.00. The molecule has 292 valence electrons. The van der Waals surface area contributed by atoms with Crippen LogP contribution < -0.4 is 16.0 Å². The van der Waals surface area contributed by atoms with Crippen molar-refractivity contribution in [3.05, 3.63) is 0 Å². The number of rotatable bonds is 8. The van der Waals surface area contributed by atoms with E-state index in [4.69, 9.17) is 0 Å². The first kappa shape index (κ1) is 45.3. The van der Waals surface area contributed by atoms with Crippen LogP contribution >= 0.6 is 0 Å². The van der Waals surface area contributed by atoms with Crippen LogP contribution in [0, 0.1) is 23.7 Å². The van der Waals surface area contributed by atoms with Gasteiger partial charge in [-0.2, -0.15) is 0 Å². The number of carbonyl (C=O) groups is 7. The average Bonchev–Trinajstić information content (AvgIpc) is 3.07. The molecule has 8 atom stereocenters. The van der Waals surface area contributed by atoms with Crippen LogP contribution in [0.5, 0.6) is 0 Å². The molecule has 0 radical (unpaired) electrons. The van der Waals surface area contributed by atoms with E-state index in [-0.39, 0.29) is 42.9 Å². The highest BCUT2D eigenvalue weighted by molar-refractivity contribution is 5.98. The highest BCUT2D eigenvalue weighted by Crippen LogP contribution is 2.19. The van der Waals surface area contributed by atoms with Crippen molar-refractivity contribution in [2.24, 2.45) is 23.7 Å². The van der Waals surface area contributed by atoms with E-state index in [0.717, 1.165) is 0 Å². The fraction of sp³-hybridized carbons (Fsp3) is 0.811. The van der Waals surface area contributed by atoms with E-state index < -0.39 is 83.6 Å². The quantitative estimate of drug-likeness (QED) is 0.345. The van der Waals surface area contributed by atoms with Gasteiger partial charge in [-0.25, -0.2) is 0 Å². The van der Waals surface area contributed by atoms with Gasteiger partial charge >= 0.3 is 0 Å². The molecule has 14 heteroatoms. The molecule has 7 amide bonds. The van der Waals surface area contributed by atoms with Crippen LogP contribution in [-0.2, 0) is 33.6 Å². The zero-order valence-corrected chi connectivity index (χ0v) is 33.8. The van der Waals surface area contributed by atoms with Crippen LogP contribution in [0.25, 0.3) is 0 Å². The third-order valence-corrected chi connectivity index (χ3v) is 10.1. The standard InChI is InChI=1S/C37H67N7O7/c1-16-23(8)30-37(51)43(14)26(11)35(49)44(15)29(19-22(6)7)33(47)39-28(18-21(4)5)36(50)42(13)25(10)34(48)41(12)24(9)31(45)38-27(17-20(2)3)32(46)40-30/h20-30H,16-19H2,1-15H3,(H,38,45)(H,39,47)(H,40,46)/t23-,24+,25-,26-,27+,28-,29-,30+/m0/s1. The van der Waals surface area contributed by atoms with Crippen LogP contribution in [0.1, 0.15) is 102 Å². The molecule has 1 aliphatic heterocycles. The lowest BCUT2D eigenvalue weighted by Crippen LogP contribution is -2.60. The van der Waals surface area contributed by atoms with Crippen LogP contribution in [0.2, 0.25) is 0 Å². The molecule has 0 saturated carbocycles. The van der Waals surface area contributed by atoms with Crippen molar-refractivity contribution >= 4 is 41.4 Å². The van der Waals surface area contributed by atoms with Crippen molar-refractivity contribution in [1.82, 2.24) is 35.6 Å². The van der Waals surface area contributed by atoms with Crippen molar-refractivity contribution in [2.45, 2.75) is 144 Å². The first-order valence-corrected chi connectivity index (χ1v) is 18.5. The fourth-order valence-electron chi connectivity index (χ4n) is 6.07. The van der Waals surface area contributed by atoms with Crippen molar-refractivity contribution in [1.29, 1.82) is 0 Å². The predicted octanol–water partition coefficient (Wildman–Crippen LogP) is 2.01. The number of amides is 7. The van der Waals surface area contributed by atoms with Gasteiger partial charge in [-0.1, -0.05) is 61.8 Å². The lowest BCUT2D eigenvalue weighted by Gasteiger charge is -2.36. The summed E-state index contributed by atoms with van der Waals surface area (Å²) in [5, 5.41) is 8.52. The SMILES string of the molecule is CC[C@H](C)[C@H]1NC(=O)[C@@H](CC(C)C)NC(=O)[C@@H](C)N(C)C(=O)[C@H](C)N(C)C(=O)[C@H](CC(C)C)NC(=O)[C@H](CC(C)C)N(C)C(=O)[C@H](C)N(C)C1=O. The Morgan fingerprint density at radius 1 is 0.490 bits per heavy atom. The molecular weight excluding hydrogens is 654 g/mol. The highest BCUT2D eigenvalue weighted by Gasteiger charge is 2.40. The summed E-state index contributed by atoms with van der Waals surface area (Å²) in [5.41, 5.74) is 0.